The minimum absolute atomic E-state index is 0. The van der Waals surface area contributed by atoms with E-state index in [2.05, 4.69) is 13.8 Å². The van der Waals surface area contributed by atoms with Crippen molar-refractivity contribution in [1.29, 1.82) is 0 Å². The minimum atomic E-state index is -0.716. The zero-order valence-electron chi connectivity index (χ0n) is 8.75. The van der Waals surface area contributed by atoms with Gasteiger partial charge >= 0.3 is 43.7 Å². The molecule has 0 saturated heterocycles. The molecule has 14 heavy (non-hydrogen) atoms. The molecule has 0 amide bonds. The van der Waals surface area contributed by atoms with Crippen LogP contribution in [0.15, 0.2) is 0 Å². The van der Waals surface area contributed by atoms with Gasteiger partial charge < -0.3 is 5.11 Å². The Morgan fingerprint density at radius 1 is 1.14 bits per heavy atom. The van der Waals surface area contributed by atoms with Crippen molar-refractivity contribution >= 4 is 43.7 Å². The van der Waals surface area contributed by atoms with Gasteiger partial charge in [0, 0.05) is 0 Å². The molecule has 0 saturated carbocycles. The Hall–Kier alpha value is 0.690. The Morgan fingerprint density at radius 3 is 1.86 bits per heavy atom. The third-order valence-electron chi connectivity index (χ3n) is 2.01. The number of unbranched alkanes of at least 4 members (excludes halogenated alkanes) is 2. The topological polar surface area (TPSA) is 40.5 Å². The molecule has 0 rings (SSSR count). The molecule has 0 radical (unpaired) electrons. The Balaban J connectivity index is 0. The summed E-state index contributed by atoms with van der Waals surface area (Å²) >= 11 is 0. The summed E-state index contributed by atoms with van der Waals surface area (Å²) in [6.45, 7) is 6.28. The fourth-order valence-electron chi connectivity index (χ4n) is 1.22. The number of rotatable bonds is 8. The van der Waals surface area contributed by atoms with Crippen LogP contribution in [0.25, 0.3) is 0 Å². The number of hydrogen-bond acceptors (Lipinski definition) is 2. The van der Waals surface area contributed by atoms with Gasteiger partial charge in [-0.05, 0) is 25.9 Å². The van der Waals surface area contributed by atoms with Crippen molar-refractivity contribution < 1.29 is 9.90 Å². The Labute approximate surface area is 117 Å². The second-order valence-corrected chi connectivity index (χ2v) is 3.38. The molecule has 0 aromatic rings. The zero-order valence-corrected chi connectivity index (χ0v) is 8.75. The molecule has 0 heterocycles. The molecule has 0 aliphatic heterocycles. The third kappa shape index (κ3) is 10.8. The van der Waals surface area contributed by atoms with E-state index in [-0.39, 0.29) is 44.3 Å². The summed E-state index contributed by atoms with van der Waals surface area (Å²) in [5.74, 6) is -0.716. The molecule has 3 nitrogen and oxygen atoms in total. The van der Waals surface area contributed by atoms with Crippen molar-refractivity contribution in [3.8, 4) is 0 Å². The van der Waals surface area contributed by atoms with Crippen LogP contribution in [0.4, 0.5) is 0 Å². The average Bonchev–Trinajstić information content (AvgIpc) is 2.09. The quantitative estimate of drug-likeness (QED) is 0.633. The second-order valence-electron chi connectivity index (χ2n) is 3.38. The standard InChI is InChI=1S/C10H21NO2.Ca.2H/c1-3-5-7-11(8-6-4-2)9-10(12)13;;;/h3-9H2,1-2H3,(H,12,13);;;. The molecule has 0 bridgehead atoms. The molecular weight excluding hydrogens is 206 g/mol. The Morgan fingerprint density at radius 2 is 1.57 bits per heavy atom. The van der Waals surface area contributed by atoms with Crippen LogP contribution in [0.1, 0.15) is 39.5 Å². The predicted octanol–water partition coefficient (Wildman–Crippen LogP) is 1.06. The number of aliphatic carboxylic acids is 1. The first-order valence-electron chi connectivity index (χ1n) is 5.14. The SMILES string of the molecule is CCCCN(CCCC)CC(=O)O.[CaH2]. The van der Waals surface area contributed by atoms with Gasteiger partial charge in [0.1, 0.15) is 0 Å². The second kappa shape index (κ2) is 11.8. The van der Waals surface area contributed by atoms with Crippen molar-refractivity contribution in [2.24, 2.45) is 0 Å². The fourth-order valence-corrected chi connectivity index (χ4v) is 1.22. The molecular formula is C10H23CaNO2. The maximum atomic E-state index is 10.5. The summed E-state index contributed by atoms with van der Waals surface area (Å²) in [7, 11) is 0. The van der Waals surface area contributed by atoms with Crippen molar-refractivity contribution in [3.05, 3.63) is 0 Å². The van der Waals surface area contributed by atoms with Crippen LogP contribution in [0.5, 0.6) is 0 Å². The van der Waals surface area contributed by atoms with Crippen LogP contribution in [-0.4, -0.2) is 73.3 Å². The van der Waals surface area contributed by atoms with E-state index >= 15 is 0 Å². The van der Waals surface area contributed by atoms with Crippen molar-refractivity contribution in [1.82, 2.24) is 4.90 Å². The molecule has 82 valence electrons. The van der Waals surface area contributed by atoms with E-state index in [1.54, 1.807) is 0 Å². The van der Waals surface area contributed by atoms with Crippen LogP contribution in [0.3, 0.4) is 0 Å². The summed E-state index contributed by atoms with van der Waals surface area (Å²) in [5, 5.41) is 8.64. The molecule has 0 aliphatic rings. The summed E-state index contributed by atoms with van der Waals surface area (Å²) in [6, 6.07) is 0. The van der Waals surface area contributed by atoms with Gasteiger partial charge in [-0.2, -0.15) is 0 Å². The molecule has 0 fully saturated rings. The fraction of sp³-hybridized carbons (Fsp3) is 0.900. The van der Waals surface area contributed by atoms with E-state index < -0.39 is 5.97 Å². The molecule has 0 unspecified atom stereocenters. The Bertz CT molecular complexity index is 134. The van der Waals surface area contributed by atoms with Crippen LogP contribution in [-0.2, 0) is 4.79 Å². The van der Waals surface area contributed by atoms with Crippen LogP contribution in [0.2, 0.25) is 0 Å². The van der Waals surface area contributed by atoms with Gasteiger partial charge in [0.2, 0.25) is 0 Å². The van der Waals surface area contributed by atoms with Gasteiger partial charge in [-0.15, -0.1) is 0 Å². The van der Waals surface area contributed by atoms with E-state index in [0.717, 1.165) is 38.8 Å². The number of nitrogens with zero attached hydrogens (tertiary/aromatic N) is 1. The summed E-state index contributed by atoms with van der Waals surface area (Å²) in [5.41, 5.74) is 0. The summed E-state index contributed by atoms with van der Waals surface area (Å²) in [6.07, 6.45) is 4.44. The van der Waals surface area contributed by atoms with Gasteiger partial charge in [0.05, 0.1) is 6.54 Å². The van der Waals surface area contributed by atoms with Crippen LogP contribution < -0.4 is 0 Å². The first-order valence-corrected chi connectivity index (χ1v) is 5.14. The number of carbonyl (C=O) groups is 1. The van der Waals surface area contributed by atoms with E-state index in [9.17, 15) is 4.79 Å². The van der Waals surface area contributed by atoms with E-state index in [4.69, 9.17) is 5.11 Å². The van der Waals surface area contributed by atoms with Crippen molar-refractivity contribution in [2.75, 3.05) is 19.6 Å². The monoisotopic (exact) mass is 229 g/mol. The molecule has 1 N–H and O–H groups in total. The van der Waals surface area contributed by atoms with Crippen molar-refractivity contribution in [2.45, 2.75) is 39.5 Å². The first-order chi connectivity index (χ1) is 6.20. The van der Waals surface area contributed by atoms with E-state index in [1.165, 1.54) is 0 Å². The van der Waals surface area contributed by atoms with Gasteiger partial charge in [-0.1, -0.05) is 26.7 Å². The van der Waals surface area contributed by atoms with Gasteiger partial charge in [-0.25, -0.2) is 0 Å². The third-order valence-corrected chi connectivity index (χ3v) is 2.01. The normalized spacial score (nSPS) is 9.93. The van der Waals surface area contributed by atoms with Gasteiger partial charge in [-0.3, -0.25) is 9.69 Å². The summed E-state index contributed by atoms with van der Waals surface area (Å²) < 4.78 is 0. The first kappa shape index (κ1) is 17.1. The number of carboxylic acids is 1. The van der Waals surface area contributed by atoms with Gasteiger partial charge in [0.25, 0.3) is 0 Å². The predicted molar refractivity (Wildman–Crippen MR) is 62.4 cm³/mol. The Kier molecular flexibility index (Phi) is 14.4. The molecule has 0 aliphatic carbocycles. The van der Waals surface area contributed by atoms with Crippen LogP contribution in [0, 0.1) is 0 Å². The van der Waals surface area contributed by atoms with E-state index in [0.29, 0.717) is 0 Å². The molecule has 4 heteroatoms. The van der Waals surface area contributed by atoms with Crippen LogP contribution >= 0.6 is 0 Å². The number of carboxylic acid groups (broad SMARTS) is 1. The maximum absolute atomic E-state index is 10.5. The number of hydrogen-bond donors (Lipinski definition) is 1. The van der Waals surface area contributed by atoms with Gasteiger partial charge in [0.15, 0.2) is 0 Å². The summed E-state index contributed by atoms with van der Waals surface area (Å²) in [4.78, 5) is 12.5. The molecule has 0 atom stereocenters. The average molecular weight is 229 g/mol. The van der Waals surface area contributed by atoms with E-state index in [1.807, 2.05) is 4.90 Å². The zero-order chi connectivity index (χ0) is 10.1. The molecule has 0 aromatic heterocycles. The molecule has 0 spiro atoms. The molecule has 0 aromatic carbocycles. The van der Waals surface area contributed by atoms with Crippen molar-refractivity contribution in [3.63, 3.8) is 0 Å².